The lowest BCUT2D eigenvalue weighted by Gasteiger charge is -2.16. The third-order valence-corrected chi connectivity index (χ3v) is 4.10. The maximum atomic E-state index is 13.2. The SMILES string of the molecule is Cc1cc(CNC2CCN(C3CC3)C2)ccc1F. The summed E-state index contributed by atoms with van der Waals surface area (Å²) in [5, 5.41) is 3.59. The molecule has 3 rings (SSSR count). The van der Waals surface area contributed by atoms with E-state index in [1.807, 2.05) is 19.1 Å². The maximum Gasteiger partial charge on any atom is 0.126 e. The molecule has 1 atom stereocenters. The van der Waals surface area contributed by atoms with Gasteiger partial charge in [0.15, 0.2) is 0 Å². The van der Waals surface area contributed by atoms with Crippen molar-refractivity contribution >= 4 is 0 Å². The van der Waals surface area contributed by atoms with Gasteiger partial charge in [-0.2, -0.15) is 0 Å². The van der Waals surface area contributed by atoms with Crippen molar-refractivity contribution in [3.05, 3.63) is 35.1 Å². The molecule has 1 aromatic rings. The van der Waals surface area contributed by atoms with Gasteiger partial charge in [0.25, 0.3) is 0 Å². The Balaban J connectivity index is 1.50. The zero-order chi connectivity index (χ0) is 12.5. The van der Waals surface area contributed by atoms with Crippen LogP contribution in [-0.2, 0) is 6.54 Å². The van der Waals surface area contributed by atoms with Crippen molar-refractivity contribution in [3.63, 3.8) is 0 Å². The number of rotatable bonds is 4. The van der Waals surface area contributed by atoms with Crippen LogP contribution in [0.15, 0.2) is 18.2 Å². The fourth-order valence-electron chi connectivity index (χ4n) is 2.80. The van der Waals surface area contributed by atoms with Crippen molar-refractivity contribution in [1.82, 2.24) is 10.2 Å². The molecule has 3 heteroatoms. The minimum Gasteiger partial charge on any atom is -0.309 e. The van der Waals surface area contributed by atoms with Crippen molar-refractivity contribution in [1.29, 1.82) is 0 Å². The van der Waals surface area contributed by atoms with Crippen LogP contribution in [0.1, 0.15) is 30.4 Å². The highest BCUT2D eigenvalue weighted by atomic mass is 19.1. The lowest BCUT2D eigenvalue weighted by molar-refractivity contribution is 0.317. The van der Waals surface area contributed by atoms with Crippen LogP contribution in [0.5, 0.6) is 0 Å². The lowest BCUT2D eigenvalue weighted by Crippen LogP contribution is -2.32. The van der Waals surface area contributed by atoms with Gasteiger partial charge in [0.1, 0.15) is 5.82 Å². The van der Waals surface area contributed by atoms with Crippen LogP contribution < -0.4 is 5.32 Å². The monoisotopic (exact) mass is 248 g/mol. The number of likely N-dealkylation sites (tertiary alicyclic amines) is 1. The van der Waals surface area contributed by atoms with Crippen LogP contribution in [0.3, 0.4) is 0 Å². The zero-order valence-corrected chi connectivity index (χ0v) is 11.0. The second kappa shape index (κ2) is 4.98. The quantitative estimate of drug-likeness (QED) is 0.880. The van der Waals surface area contributed by atoms with Crippen molar-refractivity contribution < 1.29 is 4.39 Å². The number of benzene rings is 1. The zero-order valence-electron chi connectivity index (χ0n) is 11.0. The molecule has 0 radical (unpaired) electrons. The van der Waals surface area contributed by atoms with E-state index in [2.05, 4.69) is 10.2 Å². The summed E-state index contributed by atoms with van der Waals surface area (Å²) in [7, 11) is 0. The Kier molecular flexibility index (Phi) is 3.35. The molecule has 0 spiro atoms. The first-order chi connectivity index (χ1) is 8.72. The third kappa shape index (κ3) is 2.73. The van der Waals surface area contributed by atoms with Crippen LogP contribution in [0, 0.1) is 12.7 Å². The summed E-state index contributed by atoms with van der Waals surface area (Å²) in [4.78, 5) is 2.60. The van der Waals surface area contributed by atoms with Gasteiger partial charge in [-0.15, -0.1) is 0 Å². The molecule has 0 aromatic heterocycles. The minimum absolute atomic E-state index is 0.112. The number of hydrogen-bond donors (Lipinski definition) is 1. The molecule has 2 fully saturated rings. The molecule has 2 nitrogen and oxygen atoms in total. The van der Waals surface area contributed by atoms with Crippen LogP contribution >= 0.6 is 0 Å². The highest BCUT2D eigenvalue weighted by Crippen LogP contribution is 2.29. The molecule has 1 aromatic carbocycles. The highest BCUT2D eigenvalue weighted by Gasteiger charge is 2.33. The Labute approximate surface area is 108 Å². The van der Waals surface area contributed by atoms with E-state index in [9.17, 15) is 4.39 Å². The first-order valence-electron chi connectivity index (χ1n) is 6.95. The first-order valence-corrected chi connectivity index (χ1v) is 6.95. The average molecular weight is 248 g/mol. The molecule has 1 unspecified atom stereocenters. The van der Waals surface area contributed by atoms with E-state index in [4.69, 9.17) is 0 Å². The summed E-state index contributed by atoms with van der Waals surface area (Å²) < 4.78 is 13.2. The highest BCUT2D eigenvalue weighted by molar-refractivity contribution is 5.23. The summed E-state index contributed by atoms with van der Waals surface area (Å²) in [6, 6.07) is 6.87. The van der Waals surface area contributed by atoms with Crippen molar-refractivity contribution in [2.45, 2.75) is 44.8 Å². The maximum absolute atomic E-state index is 13.2. The van der Waals surface area contributed by atoms with Crippen LogP contribution in [0.4, 0.5) is 4.39 Å². The second-order valence-electron chi connectivity index (χ2n) is 5.68. The minimum atomic E-state index is -0.112. The van der Waals surface area contributed by atoms with Crippen LogP contribution in [0.2, 0.25) is 0 Å². The van der Waals surface area contributed by atoms with Crippen molar-refractivity contribution in [2.75, 3.05) is 13.1 Å². The normalized spacial score (nSPS) is 24.7. The molecular formula is C15H21FN2. The van der Waals surface area contributed by atoms with Gasteiger partial charge in [0.2, 0.25) is 0 Å². The average Bonchev–Trinajstić information content (AvgIpc) is 3.11. The van der Waals surface area contributed by atoms with Gasteiger partial charge in [-0.25, -0.2) is 4.39 Å². The molecule has 1 saturated heterocycles. The van der Waals surface area contributed by atoms with Gasteiger partial charge in [0.05, 0.1) is 0 Å². The molecule has 0 bridgehead atoms. The fraction of sp³-hybridized carbons (Fsp3) is 0.600. The van der Waals surface area contributed by atoms with E-state index in [1.54, 1.807) is 6.07 Å². The Hall–Kier alpha value is -0.930. The first kappa shape index (κ1) is 12.1. The lowest BCUT2D eigenvalue weighted by atomic mass is 10.1. The second-order valence-corrected chi connectivity index (χ2v) is 5.68. The summed E-state index contributed by atoms with van der Waals surface area (Å²) >= 11 is 0. The van der Waals surface area contributed by atoms with Crippen molar-refractivity contribution in [2.24, 2.45) is 0 Å². The van der Waals surface area contributed by atoms with E-state index < -0.39 is 0 Å². The fourth-order valence-corrected chi connectivity index (χ4v) is 2.80. The van der Waals surface area contributed by atoms with Gasteiger partial charge in [0, 0.05) is 31.7 Å². The summed E-state index contributed by atoms with van der Waals surface area (Å²) in [6.45, 7) is 5.10. The molecule has 2 aliphatic rings. The van der Waals surface area contributed by atoms with Crippen LogP contribution in [0.25, 0.3) is 0 Å². The van der Waals surface area contributed by atoms with E-state index in [0.717, 1.165) is 18.2 Å². The molecule has 1 N–H and O–H groups in total. The predicted molar refractivity (Wildman–Crippen MR) is 71.0 cm³/mol. The Morgan fingerprint density at radius 1 is 1.33 bits per heavy atom. The molecule has 18 heavy (non-hydrogen) atoms. The number of nitrogens with zero attached hydrogens (tertiary/aromatic N) is 1. The molecule has 1 saturated carbocycles. The Bertz CT molecular complexity index is 429. The molecule has 1 aliphatic heterocycles. The third-order valence-electron chi connectivity index (χ3n) is 4.10. The summed E-state index contributed by atoms with van der Waals surface area (Å²) in [6.07, 6.45) is 4.03. The number of hydrogen-bond acceptors (Lipinski definition) is 2. The van der Waals surface area contributed by atoms with E-state index in [-0.39, 0.29) is 5.82 Å². The van der Waals surface area contributed by atoms with Gasteiger partial charge in [-0.05, 0) is 43.4 Å². The van der Waals surface area contributed by atoms with E-state index in [0.29, 0.717) is 6.04 Å². The molecular weight excluding hydrogens is 227 g/mol. The van der Waals surface area contributed by atoms with E-state index in [1.165, 1.54) is 37.9 Å². The van der Waals surface area contributed by atoms with Crippen LogP contribution in [-0.4, -0.2) is 30.1 Å². The smallest absolute Gasteiger partial charge is 0.126 e. The molecule has 98 valence electrons. The summed E-state index contributed by atoms with van der Waals surface area (Å²) in [5.74, 6) is -0.112. The van der Waals surface area contributed by atoms with E-state index >= 15 is 0 Å². The number of aryl methyl sites for hydroxylation is 1. The Morgan fingerprint density at radius 2 is 2.17 bits per heavy atom. The standard InChI is InChI=1S/C15H21FN2/c1-11-8-12(2-5-15(11)16)9-17-13-6-7-18(10-13)14-3-4-14/h2,5,8,13-14,17H,3-4,6-7,9-10H2,1H3. The topological polar surface area (TPSA) is 15.3 Å². The van der Waals surface area contributed by atoms with Gasteiger partial charge >= 0.3 is 0 Å². The number of halogens is 1. The molecule has 1 aliphatic carbocycles. The van der Waals surface area contributed by atoms with Gasteiger partial charge in [-0.1, -0.05) is 12.1 Å². The predicted octanol–water partition coefficient (Wildman–Crippen LogP) is 2.46. The number of nitrogens with one attached hydrogen (secondary N) is 1. The van der Waals surface area contributed by atoms with Gasteiger partial charge in [-0.3, -0.25) is 4.90 Å². The Morgan fingerprint density at radius 3 is 2.89 bits per heavy atom. The molecule has 0 amide bonds. The van der Waals surface area contributed by atoms with Crippen molar-refractivity contribution in [3.8, 4) is 0 Å². The largest absolute Gasteiger partial charge is 0.309 e. The van der Waals surface area contributed by atoms with Gasteiger partial charge < -0.3 is 5.32 Å². The summed E-state index contributed by atoms with van der Waals surface area (Å²) in [5.41, 5.74) is 1.92. The molecule has 1 heterocycles.